The first-order valence-corrected chi connectivity index (χ1v) is 6.32. The zero-order valence-electron chi connectivity index (χ0n) is 10.7. The molecule has 0 aromatic heterocycles. The summed E-state index contributed by atoms with van der Waals surface area (Å²) in [6, 6.07) is 0. The average molecular weight is 242 g/mol. The van der Waals surface area contributed by atoms with E-state index in [2.05, 4.69) is 0 Å². The molecule has 1 aliphatic heterocycles. The van der Waals surface area contributed by atoms with Gasteiger partial charge in [0.05, 0.1) is 6.10 Å². The minimum atomic E-state index is -0.351. The number of likely N-dealkylation sites (tertiary alicyclic amines) is 1. The molecule has 0 bridgehead atoms. The lowest BCUT2D eigenvalue weighted by Gasteiger charge is -2.35. The predicted octanol–water partition coefficient (Wildman–Crippen LogP) is 0.228. The molecule has 0 radical (unpaired) electrons. The number of hydrogen-bond acceptors (Lipinski definition) is 3. The van der Waals surface area contributed by atoms with Crippen LogP contribution in [0.2, 0.25) is 0 Å². The third kappa shape index (κ3) is 4.00. The lowest BCUT2D eigenvalue weighted by molar-refractivity contribution is -0.141. The Balaban J connectivity index is 2.15. The molecule has 1 heterocycles. The first kappa shape index (κ1) is 14.0. The van der Waals surface area contributed by atoms with Crippen molar-refractivity contribution in [2.75, 3.05) is 26.2 Å². The predicted molar refractivity (Wildman–Crippen MR) is 64.4 cm³/mol. The number of nitrogens with zero attached hydrogens (tertiary/aromatic N) is 2. The molecule has 5 heteroatoms. The zero-order chi connectivity index (χ0) is 12.8. The molecule has 0 atom stereocenters. The molecule has 0 saturated carbocycles. The molecule has 0 spiro atoms. The highest BCUT2D eigenvalue weighted by Gasteiger charge is 2.28. The van der Waals surface area contributed by atoms with Crippen LogP contribution in [0.4, 0.5) is 0 Å². The normalized spacial score (nSPS) is 15.6. The van der Waals surface area contributed by atoms with Crippen molar-refractivity contribution in [2.45, 2.75) is 39.2 Å². The minimum Gasteiger partial charge on any atom is -0.389 e. The molecule has 0 aliphatic carbocycles. The van der Waals surface area contributed by atoms with Gasteiger partial charge in [0.1, 0.15) is 0 Å². The van der Waals surface area contributed by atoms with E-state index in [4.69, 9.17) is 5.11 Å². The van der Waals surface area contributed by atoms with E-state index in [1.54, 1.807) is 9.80 Å². The smallest absolute Gasteiger partial charge is 0.222 e. The first-order valence-electron chi connectivity index (χ1n) is 6.32. The van der Waals surface area contributed by atoms with Gasteiger partial charge in [0.15, 0.2) is 0 Å². The van der Waals surface area contributed by atoms with Crippen molar-refractivity contribution in [3.63, 3.8) is 0 Å². The number of aliphatic hydroxyl groups excluding tert-OH is 1. The fourth-order valence-electron chi connectivity index (χ4n) is 1.94. The van der Waals surface area contributed by atoms with E-state index in [1.165, 1.54) is 0 Å². The molecule has 98 valence electrons. The van der Waals surface area contributed by atoms with Crippen LogP contribution in [0.15, 0.2) is 0 Å². The van der Waals surface area contributed by atoms with E-state index < -0.39 is 0 Å². The summed E-state index contributed by atoms with van der Waals surface area (Å²) in [5.41, 5.74) is 0. The lowest BCUT2D eigenvalue weighted by atomic mass is 10.1. The third-order valence-electron chi connectivity index (χ3n) is 3.11. The maximum absolute atomic E-state index is 11.7. The van der Waals surface area contributed by atoms with Gasteiger partial charge in [-0.3, -0.25) is 9.59 Å². The molecule has 1 N–H and O–H groups in total. The van der Waals surface area contributed by atoms with Crippen molar-refractivity contribution in [1.29, 1.82) is 0 Å². The van der Waals surface area contributed by atoms with E-state index in [1.807, 2.05) is 13.8 Å². The Kier molecular flexibility index (Phi) is 5.41. The number of β-amino-alcohol motifs (C(OH)–C–C–N with tert-alkyl or cyclic N) is 1. The highest BCUT2D eigenvalue weighted by atomic mass is 16.3. The Hall–Kier alpha value is -1.10. The highest BCUT2D eigenvalue weighted by molar-refractivity contribution is 5.79. The van der Waals surface area contributed by atoms with Crippen molar-refractivity contribution < 1.29 is 14.7 Å². The van der Waals surface area contributed by atoms with Crippen molar-refractivity contribution >= 4 is 11.8 Å². The molecule has 1 fully saturated rings. The maximum Gasteiger partial charge on any atom is 0.222 e. The molecule has 1 rings (SSSR count). The van der Waals surface area contributed by atoms with E-state index in [0.29, 0.717) is 32.4 Å². The Morgan fingerprint density at radius 3 is 2.29 bits per heavy atom. The largest absolute Gasteiger partial charge is 0.389 e. The highest BCUT2D eigenvalue weighted by Crippen LogP contribution is 2.11. The van der Waals surface area contributed by atoms with Crippen LogP contribution in [0.1, 0.15) is 33.1 Å². The SMILES string of the molecule is CCN(CC)C(=O)CCCC(=O)N1CC(O)C1. The van der Waals surface area contributed by atoms with Gasteiger partial charge in [0.25, 0.3) is 0 Å². The van der Waals surface area contributed by atoms with Gasteiger partial charge in [-0.1, -0.05) is 0 Å². The molecule has 2 amide bonds. The van der Waals surface area contributed by atoms with Gasteiger partial charge in [-0.15, -0.1) is 0 Å². The van der Waals surface area contributed by atoms with E-state index >= 15 is 0 Å². The molecule has 0 unspecified atom stereocenters. The van der Waals surface area contributed by atoms with Crippen molar-refractivity contribution in [2.24, 2.45) is 0 Å². The van der Waals surface area contributed by atoms with Crippen LogP contribution < -0.4 is 0 Å². The van der Waals surface area contributed by atoms with Gasteiger partial charge < -0.3 is 14.9 Å². The summed E-state index contributed by atoms with van der Waals surface area (Å²) in [6.07, 6.45) is 1.08. The first-order chi connectivity index (χ1) is 8.08. The van der Waals surface area contributed by atoms with Crippen molar-refractivity contribution in [3.8, 4) is 0 Å². The van der Waals surface area contributed by atoms with Gasteiger partial charge >= 0.3 is 0 Å². The Morgan fingerprint density at radius 2 is 1.82 bits per heavy atom. The van der Waals surface area contributed by atoms with Gasteiger partial charge in [-0.2, -0.15) is 0 Å². The van der Waals surface area contributed by atoms with E-state index in [9.17, 15) is 9.59 Å². The van der Waals surface area contributed by atoms with Crippen LogP contribution in [0.5, 0.6) is 0 Å². The summed E-state index contributed by atoms with van der Waals surface area (Å²) in [5.74, 6) is 0.161. The second kappa shape index (κ2) is 6.59. The Bertz CT molecular complexity index is 271. The number of amides is 2. The monoisotopic (exact) mass is 242 g/mol. The second-order valence-corrected chi connectivity index (χ2v) is 4.37. The maximum atomic E-state index is 11.7. The standard InChI is InChI=1S/C12H22N2O3/c1-3-13(4-2)11(16)6-5-7-12(17)14-8-10(15)9-14/h10,15H,3-9H2,1-2H3. The van der Waals surface area contributed by atoms with Crippen molar-refractivity contribution in [1.82, 2.24) is 9.80 Å². The lowest BCUT2D eigenvalue weighted by Crippen LogP contribution is -2.53. The fraction of sp³-hybridized carbons (Fsp3) is 0.833. The molecule has 0 aromatic rings. The van der Waals surface area contributed by atoms with E-state index in [-0.39, 0.29) is 17.9 Å². The Labute approximate surface area is 102 Å². The molecule has 17 heavy (non-hydrogen) atoms. The van der Waals surface area contributed by atoms with Gasteiger partial charge in [-0.05, 0) is 20.3 Å². The summed E-state index contributed by atoms with van der Waals surface area (Å²) < 4.78 is 0. The van der Waals surface area contributed by atoms with Crippen LogP contribution in [0.25, 0.3) is 0 Å². The minimum absolute atomic E-state index is 0.0441. The summed E-state index contributed by atoms with van der Waals surface area (Å²) in [6.45, 7) is 6.25. The summed E-state index contributed by atoms with van der Waals surface area (Å²) >= 11 is 0. The number of rotatable bonds is 6. The number of aliphatic hydroxyl groups is 1. The van der Waals surface area contributed by atoms with Crippen LogP contribution >= 0.6 is 0 Å². The van der Waals surface area contributed by atoms with Crippen molar-refractivity contribution in [3.05, 3.63) is 0 Å². The number of carbonyl (C=O) groups excluding carboxylic acids is 2. The number of carbonyl (C=O) groups is 2. The quantitative estimate of drug-likeness (QED) is 0.725. The summed E-state index contributed by atoms with van der Waals surface area (Å²) in [4.78, 5) is 26.6. The van der Waals surface area contributed by atoms with Crippen LogP contribution in [-0.2, 0) is 9.59 Å². The van der Waals surface area contributed by atoms with Crippen LogP contribution in [0.3, 0.4) is 0 Å². The molecule has 1 saturated heterocycles. The molecule has 1 aliphatic rings. The topological polar surface area (TPSA) is 60.9 Å². The average Bonchev–Trinajstić information content (AvgIpc) is 2.26. The second-order valence-electron chi connectivity index (χ2n) is 4.37. The molecular formula is C12H22N2O3. The Morgan fingerprint density at radius 1 is 1.24 bits per heavy atom. The van der Waals surface area contributed by atoms with Crippen LogP contribution in [-0.4, -0.2) is 59.0 Å². The summed E-state index contributed by atoms with van der Waals surface area (Å²) in [5, 5.41) is 9.06. The number of hydrogen-bond donors (Lipinski definition) is 1. The van der Waals surface area contributed by atoms with E-state index in [0.717, 1.165) is 13.1 Å². The van der Waals surface area contributed by atoms with Gasteiger partial charge in [-0.25, -0.2) is 0 Å². The fourth-order valence-corrected chi connectivity index (χ4v) is 1.94. The molecular weight excluding hydrogens is 220 g/mol. The molecule has 5 nitrogen and oxygen atoms in total. The van der Waals surface area contributed by atoms with Gasteiger partial charge in [0.2, 0.25) is 11.8 Å². The molecule has 0 aromatic carbocycles. The summed E-state index contributed by atoms with van der Waals surface area (Å²) in [7, 11) is 0. The zero-order valence-corrected chi connectivity index (χ0v) is 10.7. The third-order valence-corrected chi connectivity index (χ3v) is 3.11. The van der Waals surface area contributed by atoms with Gasteiger partial charge in [0, 0.05) is 39.0 Å². The van der Waals surface area contributed by atoms with Crippen LogP contribution in [0, 0.1) is 0 Å².